The number of aliphatic hydroxyl groups is 1. The Morgan fingerprint density at radius 2 is 2.09 bits per heavy atom. The summed E-state index contributed by atoms with van der Waals surface area (Å²) in [7, 11) is 0. The second-order valence-electron chi connectivity index (χ2n) is 8.47. The number of carboxylic acids is 1. The summed E-state index contributed by atoms with van der Waals surface area (Å²) in [6.45, 7) is 8.84. The maximum absolute atomic E-state index is 11.2. The highest BCUT2D eigenvalue weighted by Crippen LogP contribution is 2.67. The molecule has 0 radical (unpaired) electrons. The summed E-state index contributed by atoms with van der Waals surface area (Å²) >= 11 is 0. The molecule has 2 N–H and O–H groups in total. The minimum atomic E-state index is -0.695. The highest BCUT2D eigenvalue weighted by atomic mass is 16.4. The van der Waals surface area contributed by atoms with E-state index < -0.39 is 5.97 Å². The molecule has 0 aromatic carbocycles. The second kappa shape index (κ2) is 5.77. The van der Waals surface area contributed by atoms with Crippen LogP contribution >= 0.6 is 0 Å². The Labute approximate surface area is 139 Å². The van der Waals surface area contributed by atoms with Gasteiger partial charge in [-0.1, -0.05) is 25.2 Å². The summed E-state index contributed by atoms with van der Waals surface area (Å²) in [4.78, 5) is 11.2. The maximum Gasteiger partial charge on any atom is 0.303 e. The highest BCUT2D eigenvalue weighted by Gasteiger charge is 2.58. The summed E-state index contributed by atoms with van der Waals surface area (Å²) in [6, 6.07) is 0. The average Bonchev–Trinajstić information content (AvgIpc) is 2.52. The number of hydrogen-bond donors (Lipinski definition) is 2. The number of carbonyl (C=O) groups is 1. The number of hydrogen-bond acceptors (Lipinski definition) is 2. The minimum Gasteiger partial charge on any atom is -0.481 e. The number of carboxylic acid groups (broad SMARTS) is 1. The first-order valence-corrected chi connectivity index (χ1v) is 9.02. The third-order valence-corrected chi connectivity index (χ3v) is 7.32. The fourth-order valence-electron chi connectivity index (χ4n) is 6.24. The van der Waals surface area contributed by atoms with Gasteiger partial charge in [-0.05, 0) is 79.6 Å². The van der Waals surface area contributed by atoms with Crippen LogP contribution in [0, 0.1) is 28.6 Å². The predicted molar refractivity (Wildman–Crippen MR) is 90.9 cm³/mol. The molecule has 4 aliphatic rings. The lowest BCUT2D eigenvalue weighted by Crippen LogP contribution is -2.54. The molecule has 0 amide bonds. The van der Waals surface area contributed by atoms with Crippen LogP contribution in [0.4, 0.5) is 0 Å². The Kier molecular flexibility index (Phi) is 4.20. The van der Waals surface area contributed by atoms with E-state index in [9.17, 15) is 15.0 Å². The van der Waals surface area contributed by atoms with Crippen molar-refractivity contribution >= 4 is 5.97 Å². The van der Waals surface area contributed by atoms with Gasteiger partial charge in [0.15, 0.2) is 0 Å². The molecule has 0 heterocycles. The SMILES string of the molecule is C=C(C)[C@H]1CC[C@]23C=C(CO)[C@H](CC2)C[C@@H]3[C@]1(C)CCC(=O)O. The Balaban J connectivity index is 1.98. The van der Waals surface area contributed by atoms with E-state index in [2.05, 4.69) is 26.5 Å². The number of allylic oxidation sites excluding steroid dienone is 2. The highest BCUT2D eigenvalue weighted by molar-refractivity contribution is 5.66. The molecule has 0 unspecified atom stereocenters. The number of rotatable bonds is 5. The van der Waals surface area contributed by atoms with Gasteiger partial charge in [-0.25, -0.2) is 0 Å². The zero-order valence-corrected chi connectivity index (χ0v) is 14.5. The first kappa shape index (κ1) is 16.8. The van der Waals surface area contributed by atoms with E-state index in [1.54, 1.807) is 0 Å². The first-order chi connectivity index (χ1) is 10.8. The molecule has 3 nitrogen and oxygen atoms in total. The molecule has 0 aromatic heterocycles. The normalized spacial score (nSPS) is 42.0. The smallest absolute Gasteiger partial charge is 0.303 e. The monoisotopic (exact) mass is 318 g/mol. The molecule has 4 aliphatic carbocycles. The number of fused-ring (bicyclic) bond motifs is 1. The molecule has 2 saturated carbocycles. The van der Waals surface area contributed by atoms with E-state index in [1.165, 1.54) is 24.0 Å². The molecular weight excluding hydrogens is 288 g/mol. The quantitative estimate of drug-likeness (QED) is 0.748. The van der Waals surface area contributed by atoms with Crippen molar-refractivity contribution in [1.29, 1.82) is 0 Å². The minimum absolute atomic E-state index is 0.0125. The number of aliphatic carboxylic acids is 1. The third kappa shape index (κ3) is 2.57. The van der Waals surface area contributed by atoms with Crippen LogP contribution in [0.3, 0.4) is 0 Å². The van der Waals surface area contributed by atoms with E-state index in [0.717, 1.165) is 25.7 Å². The van der Waals surface area contributed by atoms with Crippen molar-refractivity contribution in [1.82, 2.24) is 0 Å². The lowest BCUT2D eigenvalue weighted by molar-refractivity contribution is -0.140. The first-order valence-electron chi connectivity index (χ1n) is 9.02. The molecule has 0 aliphatic heterocycles. The maximum atomic E-state index is 11.2. The van der Waals surface area contributed by atoms with Crippen LogP contribution in [-0.4, -0.2) is 22.8 Å². The average molecular weight is 318 g/mol. The van der Waals surface area contributed by atoms with Crippen LogP contribution < -0.4 is 0 Å². The van der Waals surface area contributed by atoms with Gasteiger partial charge >= 0.3 is 5.97 Å². The van der Waals surface area contributed by atoms with Crippen molar-refractivity contribution in [3.8, 4) is 0 Å². The van der Waals surface area contributed by atoms with Crippen molar-refractivity contribution < 1.29 is 15.0 Å². The Hall–Kier alpha value is -1.09. The second-order valence-corrected chi connectivity index (χ2v) is 8.47. The zero-order chi connectivity index (χ0) is 16.8. The molecule has 0 saturated heterocycles. The van der Waals surface area contributed by atoms with E-state index in [0.29, 0.717) is 17.8 Å². The van der Waals surface area contributed by atoms with Crippen molar-refractivity contribution in [3.63, 3.8) is 0 Å². The molecule has 2 bridgehead atoms. The van der Waals surface area contributed by atoms with Gasteiger partial charge < -0.3 is 10.2 Å². The van der Waals surface area contributed by atoms with E-state index in [4.69, 9.17) is 0 Å². The van der Waals surface area contributed by atoms with Crippen LogP contribution in [0.5, 0.6) is 0 Å². The lowest BCUT2D eigenvalue weighted by Gasteiger charge is -2.63. The Morgan fingerprint density at radius 1 is 1.39 bits per heavy atom. The van der Waals surface area contributed by atoms with Gasteiger partial charge in [0.1, 0.15) is 0 Å². The van der Waals surface area contributed by atoms with Crippen LogP contribution in [0.15, 0.2) is 23.8 Å². The zero-order valence-electron chi connectivity index (χ0n) is 14.5. The van der Waals surface area contributed by atoms with Gasteiger partial charge in [-0.15, -0.1) is 0 Å². The van der Waals surface area contributed by atoms with Crippen LogP contribution in [0.25, 0.3) is 0 Å². The molecule has 2 fully saturated rings. The largest absolute Gasteiger partial charge is 0.481 e. The molecule has 4 rings (SSSR count). The molecule has 128 valence electrons. The molecule has 23 heavy (non-hydrogen) atoms. The Morgan fingerprint density at radius 3 is 2.70 bits per heavy atom. The fraction of sp³-hybridized carbons (Fsp3) is 0.750. The summed E-state index contributed by atoms with van der Waals surface area (Å²) in [5.74, 6) is 0.750. The van der Waals surface area contributed by atoms with Gasteiger partial charge in [-0.2, -0.15) is 0 Å². The van der Waals surface area contributed by atoms with Gasteiger partial charge in [0.25, 0.3) is 0 Å². The predicted octanol–water partition coefficient (Wildman–Crippen LogP) is 4.18. The van der Waals surface area contributed by atoms with Crippen molar-refractivity contribution in [2.45, 2.75) is 58.8 Å². The van der Waals surface area contributed by atoms with Gasteiger partial charge in [0, 0.05) is 6.42 Å². The van der Waals surface area contributed by atoms with E-state index in [-0.39, 0.29) is 23.9 Å². The van der Waals surface area contributed by atoms with Gasteiger partial charge in [0.2, 0.25) is 0 Å². The number of aliphatic hydroxyl groups excluding tert-OH is 1. The van der Waals surface area contributed by atoms with E-state index in [1.807, 2.05) is 0 Å². The lowest BCUT2D eigenvalue weighted by atomic mass is 9.42. The van der Waals surface area contributed by atoms with Crippen LogP contribution in [0.1, 0.15) is 58.8 Å². The summed E-state index contributed by atoms with van der Waals surface area (Å²) in [5.41, 5.74) is 2.65. The van der Waals surface area contributed by atoms with Gasteiger partial charge in [-0.3, -0.25) is 4.79 Å². The topological polar surface area (TPSA) is 57.5 Å². The molecule has 3 heteroatoms. The fourth-order valence-corrected chi connectivity index (χ4v) is 6.24. The van der Waals surface area contributed by atoms with E-state index >= 15 is 0 Å². The summed E-state index contributed by atoms with van der Waals surface area (Å²) < 4.78 is 0. The van der Waals surface area contributed by atoms with Crippen molar-refractivity contribution in [2.24, 2.45) is 28.6 Å². The third-order valence-electron chi connectivity index (χ3n) is 7.32. The standard InChI is InChI=1S/C20H30O3/c1-13(2)16-5-9-20-8-4-14(15(11-20)12-21)10-17(20)19(16,3)7-6-18(22)23/h11,14,16-17,21H,1,4-10,12H2,2-3H3,(H,22,23)/t14-,16-,17-,19-,20+/m1/s1. The van der Waals surface area contributed by atoms with Crippen LogP contribution in [0.2, 0.25) is 0 Å². The summed E-state index contributed by atoms with van der Waals surface area (Å²) in [5, 5.41) is 18.9. The summed E-state index contributed by atoms with van der Waals surface area (Å²) in [6.07, 6.45) is 9.15. The van der Waals surface area contributed by atoms with Gasteiger partial charge in [0.05, 0.1) is 6.61 Å². The van der Waals surface area contributed by atoms with Crippen molar-refractivity contribution in [2.75, 3.05) is 6.61 Å². The Bertz CT molecular complexity index is 549. The molecule has 5 atom stereocenters. The molecule has 0 aromatic rings. The molecule has 1 spiro atoms. The van der Waals surface area contributed by atoms with Crippen LogP contribution in [-0.2, 0) is 4.79 Å². The van der Waals surface area contributed by atoms with Crippen molar-refractivity contribution in [3.05, 3.63) is 23.8 Å². The molecular formula is C20H30O3.